The third-order valence-electron chi connectivity index (χ3n) is 2.77. The van der Waals surface area contributed by atoms with Gasteiger partial charge in [0, 0.05) is 17.6 Å². The molecular weight excluding hydrogens is 186 g/mol. The lowest BCUT2D eigenvalue weighted by molar-refractivity contribution is -0.125. The molecule has 15 heavy (non-hydrogen) atoms. The lowest BCUT2D eigenvalue weighted by Crippen LogP contribution is -2.38. The number of hydrogen-bond acceptors (Lipinski definition) is 1. The number of hydrogen-bond donors (Lipinski definition) is 0. The molecule has 0 saturated heterocycles. The van der Waals surface area contributed by atoms with Crippen LogP contribution in [0.15, 0.2) is 24.3 Å². The molecule has 2 heteroatoms. The van der Waals surface area contributed by atoms with E-state index >= 15 is 0 Å². The van der Waals surface area contributed by atoms with Crippen LogP contribution in [0.2, 0.25) is 0 Å². The van der Waals surface area contributed by atoms with Crippen LogP contribution in [-0.2, 0) is 11.2 Å². The molecule has 1 aromatic carbocycles. The topological polar surface area (TPSA) is 20.3 Å². The zero-order chi connectivity index (χ0) is 11.1. The van der Waals surface area contributed by atoms with Crippen LogP contribution in [-0.4, -0.2) is 12.5 Å². The van der Waals surface area contributed by atoms with Crippen molar-refractivity contribution in [2.24, 2.45) is 5.41 Å². The van der Waals surface area contributed by atoms with Crippen LogP contribution in [0.5, 0.6) is 0 Å². The van der Waals surface area contributed by atoms with Gasteiger partial charge < -0.3 is 4.90 Å². The molecule has 0 aromatic heterocycles. The Hall–Kier alpha value is -1.31. The van der Waals surface area contributed by atoms with E-state index in [0.29, 0.717) is 0 Å². The van der Waals surface area contributed by atoms with Crippen LogP contribution in [0, 0.1) is 5.41 Å². The van der Waals surface area contributed by atoms with E-state index in [1.807, 2.05) is 43.9 Å². The van der Waals surface area contributed by atoms with E-state index in [1.165, 1.54) is 5.56 Å². The predicted molar refractivity (Wildman–Crippen MR) is 62.0 cm³/mol. The van der Waals surface area contributed by atoms with E-state index in [0.717, 1.165) is 18.7 Å². The van der Waals surface area contributed by atoms with E-state index in [-0.39, 0.29) is 11.3 Å². The Kier molecular flexibility index (Phi) is 2.29. The molecule has 0 saturated carbocycles. The maximum absolute atomic E-state index is 12.2. The fraction of sp³-hybridized carbons (Fsp3) is 0.462. The minimum absolute atomic E-state index is 0.215. The van der Waals surface area contributed by atoms with Gasteiger partial charge in [0.1, 0.15) is 0 Å². The second-order valence-electron chi connectivity index (χ2n) is 5.09. The van der Waals surface area contributed by atoms with E-state index in [2.05, 4.69) is 6.07 Å². The smallest absolute Gasteiger partial charge is 0.232 e. The van der Waals surface area contributed by atoms with Gasteiger partial charge in [-0.05, 0) is 18.1 Å². The minimum atomic E-state index is -0.294. The maximum atomic E-state index is 12.2. The van der Waals surface area contributed by atoms with Crippen molar-refractivity contribution >= 4 is 11.6 Å². The lowest BCUT2D eigenvalue weighted by Gasteiger charge is -2.26. The first-order valence-electron chi connectivity index (χ1n) is 5.40. The van der Waals surface area contributed by atoms with Gasteiger partial charge in [-0.1, -0.05) is 39.0 Å². The van der Waals surface area contributed by atoms with Gasteiger partial charge >= 0.3 is 0 Å². The molecule has 0 radical (unpaired) electrons. The fourth-order valence-corrected chi connectivity index (χ4v) is 1.95. The molecule has 2 nitrogen and oxygen atoms in total. The van der Waals surface area contributed by atoms with Crippen molar-refractivity contribution in [3.63, 3.8) is 0 Å². The summed E-state index contributed by atoms with van der Waals surface area (Å²) >= 11 is 0. The molecule has 80 valence electrons. The van der Waals surface area contributed by atoms with Crippen molar-refractivity contribution in [1.29, 1.82) is 0 Å². The Balaban J connectivity index is 2.32. The number of benzene rings is 1. The highest BCUT2D eigenvalue weighted by Gasteiger charge is 2.31. The van der Waals surface area contributed by atoms with Crippen molar-refractivity contribution in [3.8, 4) is 0 Å². The van der Waals surface area contributed by atoms with Gasteiger partial charge in [-0.2, -0.15) is 0 Å². The van der Waals surface area contributed by atoms with Crippen LogP contribution in [0.4, 0.5) is 5.69 Å². The number of rotatable bonds is 0. The molecule has 0 spiro atoms. The van der Waals surface area contributed by atoms with Gasteiger partial charge in [-0.25, -0.2) is 0 Å². The number of carbonyl (C=O) groups is 1. The van der Waals surface area contributed by atoms with E-state index < -0.39 is 0 Å². The van der Waals surface area contributed by atoms with Gasteiger partial charge in [0.05, 0.1) is 0 Å². The van der Waals surface area contributed by atoms with E-state index in [9.17, 15) is 4.79 Å². The molecule has 1 aliphatic heterocycles. The Morgan fingerprint density at radius 1 is 1.27 bits per heavy atom. The summed E-state index contributed by atoms with van der Waals surface area (Å²) in [6.45, 7) is 6.73. The summed E-state index contributed by atoms with van der Waals surface area (Å²) in [5.41, 5.74) is 2.09. The fourth-order valence-electron chi connectivity index (χ4n) is 1.95. The van der Waals surface area contributed by atoms with E-state index in [1.54, 1.807) is 0 Å². The molecule has 1 amide bonds. The van der Waals surface area contributed by atoms with Crippen LogP contribution >= 0.6 is 0 Å². The first kappa shape index (κ1) is 10.2. The van der Waals surface area contributed by atoms with Crippen molar-refractivity contribution in [2.45, 2.75) is 27.2 Å². The third-order valence-corrected chi connectivity index (χ3v) is 2.77. The summed E-state index contributed by atoms with van der Waals surface area (Å²) in [7, 11) is 0. The molecule has 2 rings (SSSR count). The highest BCUT2D eigenvalue weighted by atomic mass is 16.2. The molecule has 0 atom stereocenters. The first-order valence-corrected chi connectivity index (χ1v) is 5.40. The van der Waals surface area contributed by atoms with Crippen LogP contribution in [0.3, 0.4) is 0 Å². The average Bonchev–Trinajstić information content (AvgIpc) is 2.58. The normalized spacial score (nSPS) is 15.3. The summed E-state index contributed by atoms with van der Waals surface area (Å²) in [6.07, 6.45) is 0.984. The van der Waals surface area contributed by atoms with Crippen molar-refractivity contribution in [2.75, 3.05) is 11.4 Å². The average molecular weight is 203 g/mol. The summed E-state index contributed by atoms with van der Waals surface area (Å²) in [4.78, 5) is 14.1. The predicted octanol–water partition coefficient (Wildman–Crippen LogP) is 2.62. The molecule has 1 aromatic rings. The zero-order valence-electron chi connectivity index (χ0n) is 9.58. The number of fused-ring (bicyclic) bond motifs is 1. The monoisotopic (exact) mass is 203 g/mol. The number of nitrogens with zero attached hydrogens (tertiary/aromatic N) is 1. The van der Waals surface area contributed by atoms with E-state index in [4.69, 9.17) is 0 Å². The van der Waals surface area contributed by atoms with Gasteiger partial charge in [0.25, 0.3) is 0 Å². The Morgan fingerprint density at radius 2 is 1.93 bits per heavy atom. The summed E-state index contributed by atoms with van der Waals surface area (Å²) < 4.78 is 0. The van der Waals surface area contributed by atoms with Crippen LogP contribution in [0.25, 0.3) is 0 Å². The highest BCUT2D eigenvalue weighted by molar-refractivity contribution is 5.98. The number of amides is 1. The van der Waals surface area contributed by atoms with Crippen molar-refractivity contribution in [3.05, 3.63) is 29.8 Å². The van der Waals surface area contributed by atoms with Crippen LogP contribution < -0.4 is 4.90 Å². The molecule has 0 aliphatic carbocycles. The summed E-state index contributed by atoms with van der Waals surface area (Å²) in [5, 5.41) is 0. The number of para-hydroxylation sites is 1. The lowest BCUT2D eigenvalue weighted by atomic mass is 9.95. The second-order valence-corrected chi connectivity index (χ2v) is 5.09. The largest absolute Gasteiger partial charge is 0.311 e. The molecular formula is C13H17NO. The summed E-state index contributed by atoms with van der Waals surface area (Å²) in [6, 6.07) is 8.16. The van der Waals surface area contributed by atoms with Gasteiger partial charge in [-0.3, -0.25) is 4.79 Å². The van der Waals surface area contributed by atoms with Crippen LogP contribution in [0.1, 0.15) is 26.3 Å². The molecule has 0 unspecified atom stereocenters. The number of carbonyl (C=O) groups excluding carboxylic acids is 1. The zero-order valence-corrected chi connectivity index (χ0v) is 9.58. The Bertz CT molecular complexity index is 390. The van der Waals surface area contributed by atoms with Gasteiger partial charge in [0.2, 0.25) is 5.91 Å². The quantitative estimate of drug-likeness (QED) is 0.634. The highest BCUT2D eigenvalue weighted by Crippen LogP contribution is 2.31. The third kappa shape index (κ3) is 1.76. The Labute approximate surface area is 90.9 Å². The molecule has 0 fully saturated rings. The van der Waals surface area contributed by atoms with Crippen molar-refractivity contribution < 1.29 is 4.79 Å². The summed E-state index contributed by atoms with van der Waals surface area (Å²) in [5.74, 6) is 0.215. The molecule has 0 N–H and O–H groups in total. The van der Waals surface area contributed by atoms with Gasteiger partial charge in [-0.15, -0.1) is 0 Å². The standard InChI is InChI=1S/C13H17NO/c1-13(2,3)12(15)14-9-8-10-6-4-5-7-11(10)14/h4-7H,8-9H2,1-3H3. The maximum Gasteiger partial charge on any atom is 0.232 e. The van der Waals surface area contributed by atoms with Gasteiger partial charge in [0.15, 0.2) is 0 Å². The molecule has 1 heterocycles. The SMILES string of the molecule is CC(C)(C)C(=O)N1CCc2ccccc21. The first-order chi connectivity index (χ1) is 7.00. The molecule has 0 bridgehead atoms. The minimum Gasteiger partial charge on any atom is -0.311 e. The van der Waals surface area contributed by atoms with Crippen molar-refractivity contribution in [1.82, 2.24) is 0 Å². The number of anilines is 1. The second kappa shape index (κ2) is 3.37. The molecule has 1 aliphatic rings. The Morgan fingerprint density at radius 3 is 2.60 bits per heavy atom.